The van der Waals surface area contributed by atoms with Crippen LogP contribution in [0.25, 0.3) is 0 Å². The molecule has 1 aromatic carbocycles. The van der Waals surface area contributed by atoms with E-state index >= 15 is 0 Å². The molecule has 1 aromatic heterocycles. The van der Waals surface area contributed by atoms with Crippen LogP contribution in [-0.2, 0) is 15.9 Å². The summed E-state index contributed by atoms with van der Waals surface area (Å²) in [5.41, 5.74) is 6.34. The maximum Gasteiger partial charge on any atom is 0.248 e. The van der Waals surface area contributed by atoms with E-state index in [1.54, 1.807) is 24.0 Å². The van der Waals surface area contributed by atoms with Crippen molar-refractivity contribution in [2.45, 2.75) is 38.8 Å². The first-order valence-corrected chi connectivity index (χ1v) is 7.81. The molecule has 1 unspecified atom stereocenters. The van der Waals surface area contributed by atoms with Crippen molar-refractivity contribution in [1.82, 2.24) is 9.78 Å². The van der Waals surface area contributed by atoms with E-state index < -0.39 is 5.54 Å². The summed E-state index contributed by atoms with van der Waals surface area (Å²) in [6.07, 6.45) is 3.43. The summed E-state index contributed by atoms with van der Waals surface area (Å²) in [6.45, 7) is 7.82. The first kappa shape index (κ1) is 16.7. The lowest BCUT2D eigenvalue weighted by molar-refractivity contribution is -0.120. The molecule has 2 rings (SSSR count). The minimum Gasteiger partial charge on any atom is -0.322 e. The van der Waals surface area contributed by atoms with Gasteiger partial charge < -0.3 is 11.1 Å². The van der Waals surface area contributed by atoms with Gasteiger partial charge in [0.05, 0.1) is 17.4 Å². The minimum atomic E-state index is -1.12. The molecule has 1 amide bonds. The van der Waals surface area contributed by atoms with Crippen LogP contribution in [0.1, 0.15) is 33.3 Å². The molecule has 0 aliphatic carbocycles. The van der Waals surface area contributed by atoms with Crippen LogP contribution >= 0.6 is 15.9 Å². The highest BCUT2D eigenvalue weighted by molar-refractivity contribution is 9.10. The Labute approximate surface area is 139 Å². The molecule has 2 aromatic rings. The lowest BCUT2D eigenvalue weighted by atomic mass is 9.92. The zero-order valence-corrected chi connectivity index (χ0v) is 14.8. The number of rotatable bonds is 3. The summed E-state index contributed by atoms with van der Waals surface area (Å²) in [4.78, 5) is 12.5. The van der Waals surface area contributed by atoms with Crippen molar-refractivity contribution < 1.29 is 4.79 Å². The fourth-order valence-electron chi connectivity index (χ4n) is 1.94. The molecule has 22 heavy (non-hydrogen) atoms. The zero-order chi connectivity index (χ0) is 16.5. The predicted octanol–water partition coefficient (Wildman–Crippen LogP) is 3.21. The van der Waals surface area contributed by atoms with Crippen molar-refractivity contribution >= 4 is 27.5 Å². The van der Waals surface area contributed by atoms with E-state index in [1.807, 2.05) is 45.0 Å². The molecule has 0 bridgehead atoms. The van der Waals surface area contributed by atoms with Gasteiger partial charge in [-0.05, 0) is 45.4 Å². The Morgan fingerprint density at radius 1 is 1.23 bits per heavy atom. The van der Waals surface area contributed by atoms with E-state index in [0.29, 0.717) is 5.69 Å². The van der Waals surface area contributed by atoms with Crippen molar-refractivity contribution in [2.24, 2.45) is 5.73 Å². The van der Waals surface area contributed by atoms with Crippen LogP contribution in [-0.4, -0.2) is 15.7 Å². The molecule has 6 heteroatoms. The average Bonchev–Trinajstić information content (AvgIpc) is 2.87. The third-order valence-electron chi connectivity index (χ3n) is 3.44. The number of carbonyl (C=O) groups excluding carboxylic acids is 1. The van der Waals surface area contributed by atoms with Gasteiger partial charge >= 0.3 is 0 Å². The van der Waals surface area contributed by atoms with Crippen LogP contribution in [0.5, 0.6) is 0 Å². The van der Waals surface area contributed by atoms with Crippen LogP contribution in [0.15, 0.2) is 41.1 Å². The summed E-state index contributed by atoms with van der Waals surface area (Å²) in [6, 6.07) is 7.40. The largest absolute Gasteiger partial charge is 0.322 e. The number of halogens is 1. The summed E-state index contributed by atoms with van der Waals surface area (Å²) >= 11 is 3.37. The molecule has 0 aliphatic rings. The Kier molecular flexibility index (Phi) is 4.44. The number of nitrogens with one attached hydrogen (secondary N) is 1. The minimum absolute atomic E-state index is 0.138. The molecule has 0 fully saturated rings. The Hall–Kier alpha value is -1.66. The van der Waals surface area contributed by atoms with Crippen LogP contribution in [0.3, 0.4) is 0 Å². The Morgan fingerprint density at radius 2 is 1.82 bits per heavy atom. The number of aromatic nitrogens is 2. The van der Waals surface area contributed by atoms with Gasteiger partial charge in [0.15, 0.2) is 0 Å². The normalized spacial score (nSPS) is 14.5. The molecule has 118 valence electrons. The molecule has 0 saturated heterocycles. The van der Waals surface area contributed by atoms with Crippen LogP contribution in [0.4, 0.5) is 5.69 Å². The Morgan fingerprint density at radius 3 is 2.32 bits per heavy atom. The van der Waals surface area contributed by atoms with Gasteiger partial charge in [-0.25, -0.2) is 0 Å². The first-order chi connectivity index (χ1) is 10.1. The number of hydrogen-bond acceptors (Lipinski definition) is 3. The number of hydrogen-bond donors (Lipinski definition) is 2. The van der Waals surface area contributed by atoms with Gasteiger partial charge in [0.25, 0.3) is 0 Å². The quantitative estimate of drug-likeness (QED) is 0.877. The SMILES string of the molecule is CC(N)(C(=O)Nc1cnn(C(C)(C)C)c1)c1ccc(Br)cc1. The Bertz CT molecular complexity index is 668. The van der Waals surface area contributed by atoms with Crippen molar-refractivity contribution in [2.75, 3.05) is 5.32 Å². The van der Waals surface area contributed by atoms with E-state index in [0.717, 1.165) is 10.0 Å². The van der Waals surface area contributed by atoms with Crippen molar-refractivity contribution in [3.63, 3.8) is 0 Å². The number of benzene rings is 1. The molecule has 1 atom stereocenters. The van der Waals surface area contributed by atoms with Gasteiger partial charge in [-0.2, -0.15) is 5.10 Å². The molecule has 0 radical (unpaired) electrons. The molecule has 0 spiro atoms. The van der Waals surface area contributed by atoms with Crippen LogP contribution in [0.2, 0.25) is 0 Å². The summed E-state index contributed by atoms with van der Waals surface area (Å²) in [5, 5.41) is 7.09. The highest BCUT2D eigenvalue weighted by atomic mass is 79.9. The summed E-state index contributed by atoms with van der Waals surface area (Å²) in [7, 11) is 0. The van der Waals surface area contributed by atoms with E-state index in [1.165, 1.54) is 0 Å². The topological polar surface area (TPSA) is 72.9 Å². The van der Waals surface area contributed by atoms with Gasteiger partial charge in [-0.1, -0.05) is 28.1 Å². The maximum atomic E-state index is 12.5. The lowest BCUT2D eigenvalue weighted by Gasteiger charge is -2.24. The van der Waals surface area contributed by atoms with E-state index in [4.69, 9.17) is 5.73 Å². The van der Waals surface area contributed by atoms with Crippen LogP contribution in [0, 0.1) is 0 Å². The second kappa shape index (κ2) is 5.85. The molecular formula is C16H21BrN4O. The standard InChI is InChI=1S/C16H21BrN4O/c1-15(2,3)21-10-13(9-19-21)20-14(22)16(4,18)11-5-7-12(17)8-6-11/h5-10H,18H2,1-4H3,(H,20,22). The van der Waals surface area contributed by atoms with Gasteiger partial charge in [0.1, 0.15) is 5.54 Å². The summed E-state index contributed by atoms with van der Waals surface area (Å²) in [5.74, 6) is -0.275. The van der Waals surface area contributed by atoms with Gasteiger partial charge in [-0.3, -0.25) is 9.48 Å². The number of nitrogens with two attached hydrogens (primary N) is 1. The van der Waals surface area contributed by atoms with Crippen molar-refractivity contribution in [3.8, 4) is 0 Å². The molecule has 5 nitrogen and oxygen atoms in total. The average molecular weight is 365 g/mol. The maximum absolute atomic E-state index is 12.5. The number of nitrogens with zero attached hydrogens (tertiary/aromatic N) is 2. The number of amides is 1. The molecule has 0 saturated carbocycles. The second-order valence-electron chi connectivity index (χ2n) is 6.51. The summed E-state index contributed by atoms with van der Waals surface area (Å²) < 4.78 is 2.75. The highest BCUT2D eigenvalue weighted by Gasteiger charge is 2.31. The van der Waals surface area contributed by atoms with E-state index in [9.17, 15) is 4.79 Å². The lowest BCUT2D eigenvalue weighted by Crippen LogP contribution is -2.45. The molecular weight excluding hydrogens is 344 g/mol. The monoisotopic (exact) mass is 364 g/mol. The van der Waals surface area contributed by atoms with Crippen molar-refractivity contribution in [1.29, 1.82) is 0 Å². The smallest absolute Gasteiger partial charge is 0.248 e. The molecule has 0 aliphatic heterocycles. The molecule has 1 heterocycles. The molecule has 3 N–H and O–H groups in total. The third-order valence-corrected chi connectivity index (χ3v) is 3.97. The number of carbonyl (C=O) groups is 1. The third kappa shape index (κ3) is 3.56. The zero-order valence-electron chi connectivity index (χ0n) is 13.2. The Balaban J connectivity index is 2.17. The number of anilines is 1. The highest BCUT2D eigenvalue weighted by Crippen LogP contribution is 2.23. The first-order valence-electron chi connectivity index (χ1n) is 7.02. The van der Waals surface area contributed by atoms with E-state index in [2.05, 4.69) is 26.3 Å². The van der Waals surface area contributed by atoms with Gasteiger partial charge in [-0.15, -0.1) is 0 Å². The van der Waals surface area contributed by atoms with Crippen LogP contribution < -0.4 is 11.1 Å². The van der Waals surface area contributed by atoms with Crippen molar-refractivity contribution in [3.05, 3.63) is 46.7 Å². The predicted molar refractivity (Wildman–Crippen MR) is 91.5 cm³/mol. The fraction of sp³-hybridized carbons (Fsp3) is 0.375. The van der Waals surface area contributed by atoms with Gasteiger partial charge in [0.2, 0.25) is 5.91 Å². The van der Waals surface area contributed by atoms with E-state index in [-0.39, 0.29) is 11.4 Å². The van der Waals surface area contributed by atoms with Gasteiger partial charge in [0, 0.05) is 10.7 Å². The fourth-order valence-corrected chi connectivity index (χ4v) is 2.21. The second-order valence-corrected chi connectivity index (χ2v) is 7.42.